The summed E-state index contributed by atoms with van der Waals surface area (Å²) in [5, 5.41) is 3.11. The fraction of sp³-hybridized carbons (Fsp3) is 0.389. The van der Waals surface area contributed by atoms with Crippen LogP contribution in [0.4, 0.5) is 11.5 Å². The van der Waals surface area contributed by atoms with Crippen molar-refractivity contribution in [1.29, 1.82) is 0 Å². The number of piperazine rings is 1. The van der Waals surface area contributed by atoms with E-state index in [1.54, 1.807) is 12.1 Å². The number of carbonyl (C=O) groups is 1. The number of sulfonamides is 1. The molecule has 29 heavy (non-hydrogen) atoms. The van der Waals surface area contributed by atoms with Crippen LogP contribution in [0.5, 0.6) is 0 Å². The quantitative estimate of drug-likeness (QED) is 0.700. The molecule has 3 rings (SSSR count). The first-order valence-electron chi connectivity index (χ1n) is 9.14. The van der Waals surface area contributed by atoms with Crippen molar-refractivity contribution in [2.24, 2.45) is 5.73 Å². The summed E-state index contributed by atoms with van der Waals surface area (Å²) in [6, 6.07) is 6.21. The van der Waals surface area contributed by atoms with Crippen LogP contribution in [-0.4, -0.2) is 66.7 Å². The van der Waals surface area contributed by atoms with E-state index in [1.165, 1.54) is 16.4 Å². The van der Waals surface area contributed by atoms with Gasteiger partial charge in [-0.2, -0.15) is 4.31 Å². The fourth-order valence-corrected chi connectivity index (χ4v) is 4.64. The van der Waals surface area contributed by atoms with E-state index in [2.05, 4.69) is 20.2 Å². The minimum absolute atomic E-state index is 0.0274. The molecule has 1 saturated heterocycles. The van der Waals surface area contributed by atoms with Gasteiger partial charge >= 0.3 is 0 Å². The van der Waals surface area contributed by atoms with Gasteiger partial charge in [0.25, 0.3) is 5.91 Å². The summed E-state index contributed by atoms with van der Waals surface area (Å²) in [6.45, 7) is 4.15. The number of primary amides is 1. The molecule has 0 saturated carbocycles. The van der Waals surface area contributed by atoms with E-state index in [0.717, 1.165) is 0 Å². The number of nitrogens with one attached hydrogen (secondary N) is 1. The molecule has 0 bridgehead atoms. The van der Waals surface area contributed by atoms with Crippen molar-refractivity contribution in [3.8, 4) is 0 Å². The molecule has 0 radical (unpaired) electrons. The molecule has 0 spiro atoms. The van der Waals surface area contributed by atoms with Crippen molar-refractivity contribution >= 4 is 39.0 Å². The smallest absolute Gasteiger partial charge is 0.271 e. The third-order valence-electron chi connectivity index (χ3n) is 4.70. The highest BCUT2D eigenvalue weighted by molar-refractivity contribution is 7.89. The maximum Gasteiger partial charge on any atom is 0.271 e. The first-order chi connectivity index (χ1) is 13.7. The van der Waals surface area contributed by atoms with Crippen LogP contribution in [0.1, 0.15) is 23.1 Å². The highest BCUT2D eigenvalue weighted by Crippen LogP contribution is 2.24. The van der Waals surface area contributed by atoms with Crippen LogP contribution < -0.4 is 11.1 Å². The predicted octanol–water partition coefficient (Wildman–Crippen LogP) is 1.47. The largest absolute Gasteiger partial charge is 0.364 e. The topological polar surface area (TPSA) is 122 Å². The van der Waals surface area contributed by atoms with Gasteiger partial charge in [-0.15, -0.1) is 0 Å². The number of benzene rings is 1. The van der Waals surface area contributed by atoms with Gasteiger partial charge in [-0.3, -0.25) is 4.79 Å². The van der Waals surface area contributed by atoms with E-state index in [0.29, 0.717) is 44.0 Å². The molecule has 0 atom stereocenters. The highest BCUT2D eigenvalue weighted by Gasteiger charge is 2.27. The SMILES string of the molecule is CCc1nc(C(N)=O)c(Nc2ccc(S(=O)(=O)N3CCN(C)CC3)cc2)nc1Cl. The number of anilines is 2. The molecule has 1 aromatic heterocycles. The van der Waals surface area contributed by atoms with Gasteiger partial charge in [0.2, 0.25) is 10.0 Å². The average Bonchev–Trinajstić information content (AvgIpc) is 2.68. The predicted molar refractivity (Wildman–Crippen MR) is 111 cm³/mol. The van der Waals surface area contributed by atoms with E-state index in [1.807, 2.05) is 14.0 Å². The molecule has 1 fully saturated rings. The minimum atomic E-state index is -3.56. The van der Waals surface area contributed by atoms with Crippen LogP contribution in [0.15, 0.2) is 29.2 Å². The van der Waals surface area contributed by atoms with Crippen molar-refractivity contribution in [1.82, 2.24) is 19.2 Å². The first-order valence-corrected chi connectivity index (χ1v) is 11.0. The zero-order valence-corrected chi connectivity index (χ0v) is 17.8. The Labute approximate surface area is 174 Å². The first kappa shape index (κ1) is 21.4. The second-order valence-electron chi connectivity index (χ2n) is 6.73. The van der Waals surface area contributed by atoms with E-state index < -0.39 is 15.9 Å². The van der Waals surface area contributed by atoms with Crippen LogP contribution >= 0.6 is 11.6 Å². The van der Waals surface area contributed by atoms with E-state index in [-0.39, 0.29) is 21.6 Å². The Kier molecular flexibility index (Phi) is 6.37. The van der Waals surface area contributed by atoms with Gasteiger partial charge in [-0.25, -0.2) is 18.4 Å². The number of halogens is 1. The summed E-state index contributed by atoms with van der Waals surface area (Å²) in [5.41, 5.74) is 6.37. The molecule has 1 aliphatic rings. The molecule has 0 aliphatic carbocycles. The highest BCUT2D eigenvalue weighted by atomic mass is 35.5. The minimum Gasteiger partial charge on any atom is -0.364 e. The maximum atomic E-state index is 12.8. The zero-order chi connectivity index (χ0) is 21.2. The summed E-state index contributed by atoms with van der Waals surface area (Å²) in [4.78, 5) is 22.4. The standard InChI is InChI=1S/C18H23ClN6O3S/c1-3-14-16(19)23-18(15(22-14)17(20)26)21-12-4-6-13(7-5-12)29(27,28)25-10-8-24(2)9-11-25/h4-7H,3,8-11H2,1-2H3,(H2,20,26)(H,21,23). The van der Waals surface area contributed by atoms with Crippen molar-refractivity contribution < 1.29 is 13.2 Å². The second-order valence-corrected chi connectivity index (χ2v) is 9.03. The van der Waals surface area contributed by atoms with Crippen molar-refractivity contribution in [2.45, 2.75) is 18.2 Å². The molecule has 156 valence electrons. The Bertz CT molecular complexity index is 1010. The van der Waals surface area contributed by atoms with Gasteiger partial charge in [-0.1, -0.05) is 18.5 Å². The number of carbonyl (C=O) groups excluding carboxylic acids is 1. The summed E-state index contributed by atoms with van der Waals surface area (Å²) >= 11 is 6.10. The molecule has 1 aliphatic heterocycles. The summed E-state index contributed by atoms with van der Waals surface area (Å²) in [5.74, 6) is -0.616. The number of likely N-dealkylation sites (N-methyl/N-ethyl adjacent to an activating group) is 1. The Balaban J connectivity index is 1.83. The molecule has 2 aromatic rings. The molecule has 9 nitrogen and oxygen atoms in total. The molecule has 11 heteroatoms. The molecule has 1 aromatic carbocycles. The van der Waals surface area contributed by atoms with Gasteiger partial charge in [0.05, 0.1) is 10.6 Å². The van der Waals surface area contributed by atoms with Gasteiger partial charge in [-0.05, 0) is 37.7 Å². The number of hydrogen-bond acceptors (Lipinski definition) is 7. The molecule has 0 unspecified atom stereocenters. The van der Waals surface area contributed by atoms with Gasteiger partial charge < -0.3 is 16.0 Å². The fourth-order valence-electron chi connectivity index (χ4n) is 2.96. The second kappa shape index (κ2) is 8.62. The van der Waals surface area contributed by atoms with E-state index in [9.17, 15) is 13.2 Å². The Morgan fingerprint density at radius 2 is 1.79 bits per heavy atom. The van der Waals surface area contributed by atoms with Crippen LogP contribution in [0, 0.1) is 0 Å². The molecule has 2 heterocycles. The van der Waals surface area contributed by atoms with E-state index >= 15 is 0 Å². The lowest BCUT2D eigenvalue weighted by atomic mass is 10.3. The van der Waals surface area contributed by atoms with E-state index in [4.69, 9.17) is 17.3 Å². The van der Waals surface area contributed by atoms with Crippen LogP contribution in [0.2, 0.25) is 5.15 Å². The Hall–Kier alpha value is -2.27. The third-order valence-corrected chi connectivity index (χ3v) is 6.92. The molecular weight excluding hydrogens is 416 g/mol. The number of aryl methyl sites for hydroxylation is 1. The lowest BCUT2D eigenvalue weighted by molar-refractivity contribution is 0.0996. The van der Waals surface area contributed by atoms with Crippen molar-refractivity contribution in [3.63, 3.8) is 0 Å². The molecule has 1 amide bonds. The normalized spacial score (nSPS) is 16.0. The average molecular weight is 439 g/mol. The van der Waals surface area contributed by atoms with Crippen molar-refractivity contribution in [3.05, 3.63) is 40.8 Å². The summed E-state index contributed by atoms with van der Waals surface area (Å²) < 4.78 is 27.1. The number of nitrogens with zero attached hydrogens (tertiary/aromatic N) is 4. The van der Waals surface area contributed by atoms with Crippen LogP contribution in [-0.2, 0) is 16.4 Å². The summed E-state index contributed by atoms with van der Waals surface area (Å²) in [7, 11) is -1.59. The maximum absolute atomic E-state index is 12.8. The Morgan fingerprint density at radius 3 is 2.34 bits per heavy atom. The van der Waals surface area contributed by atoms with Gasteiger partial charge in [0, 0.05) is 31.9 Å². The van der Waals surface area contributed by atoms with Crippen molar-refractivity contribution in [2.75, 3.05) is 38.5 Å². The lowest BCUT2D eigenvalue weighted by Crippen LogP contribution is -2.46. The monoisotopic (exact) mass is 438 g/mol. The Morgan fingerprint density at radius 1 is 1.17 bits per heavy atom. The number of nitrogens with two attached hydrogens (primary N) is 1. The third kappa shape index (κ3) is 4.67. The van der Waals surface area contributed by atoms with Crippen LogP contribution in [0.3, 0.4) is 0 Å². The van der Waals surface area contributed by atoms with Gasteiger partial charge in [0.1, 0.15) is 0 Å². The number of rotatable bonds is 6. The van der Waals surface area contributed by atoms with Gasteiger partial charge in [0.15, 0.2) is 16.7 Å². The molecule has 3 N–H and O–H groups in total. The zero-order valence-electron chi connectivity index (χ0n) is 16.2. The number of hydrogen-bond donors (Lipinski definition) is 2. The molecular formula is C18H23ClN6O3S. The summed E-state index contributed by atoms with van der Waals surface area (Å²) in [6.07, 6.45) is 0.505. The number of amides is 1. The van der Waals surface area contributed by atoms with Crippen LogP contribution in [0.25, 0.3) is 0 Å². The number of aromatic nitrogens is 2. The lowest BCUT2D eigenvalue weighted by Gasteiger charge is -2.31.